The van der Waals surface area contributed by atoms with Crippen molar-refractivity contribution in [2.24, 2.45) is 0 Å². The van der Waals surface area contributed by atoms with Gasteiger partial charge in [-0.1, -0.05) is 30.3 Å². The van der Waals surface area contributed by atoms with Crippen LogP contribution in [0.3, 0.4) is 0 Å². The maximum atomic E-state index is 4.31. The van der Waals surface area contributed by atoms with Crippen molar-refractivity contribution in [3.63, 3.8) is 0 Å². The van der Waals surface area contributed by atoms with Gasteiger partial charge in [0.15, 0.2) is 5.82 Å². The average molecular weight is 227 g/mol. The number of aromatic nitrogens is 2. The topological polar surface area (TPSA) is 40.7 Å². The third-order valence-electron chi connectivity index (χ3n) is 3.65. The highest BCUT2D eigenvalue weighted by molar-refractivity contribution is 5.48. The van der Waals surface area contributed by atoms with Crippen molar-refractivity contribution >= 4 is 5.82 Å². The first-order valence-corrected chi connectivity index (χ1v) is 6.17. The number of hydrogen-bond acceptors (Lipinski definition) is 2. The third kappa shape index (κ3) is 1.82. The van der Waals surface area contributed by atoms with E-state index in [1.807, 2.05) is 7.05 Å². The maximum Gasteiger partial charge on any atom is 0.151 e. The fraction of sp³-hybridized carbons (Fsp3) is 0.357. The summed E-state index contributed by atoms with van der Waals surface area (Å²) in [5.74, 6) is 1.65. The van der Waals surface area contributed by atoms with Crippen LogP contribution in [0.2, 0.25) is 0 Å². The van der Waals surface area contributed by atoms with Crippen LogP contribution in [0.1, 0.15) is 29.2 Å². The van der Waals surface area contributed by atoms with Gasteiger partial charge in [-0.05, 0) is 30.7 Å². The van der Waals surface area contributed by atoms with Gasteiger partial charge < -0.3 is 5.32 Å². The van der Waals surface area contributed by atoms with Crippen LogP contribution < -0.4 is 5.32 Å². The van der Waals surface area contributed by atoms with Crippen LogP contribution in [0.4, 0.5) is 5.82 Å². The summed E-state index contributed by atoms with van der Waals surface area (Å²) in [6.07, 6.45) is 3.40. The molecule has 2 aromatic rings. The van der Waals surface area contributed by atoms with Crippen LogP contribution in [0.15, 0.2) is 30.3 Å². The van der Waals surface area contributed by atoms with E-state index in [4.69, 9.17) is 0 Å². The lowest BCUT2D eigenvalue weighted by Crippen LogP contribution is -2.12. The van der Waals surface area contributed by atoms with E-state index in [9.17, 15) is 0 Å². The monoisotopic (exact) mass is 227 g/mol. The minimum atomic E-state index is 0.633. The van der Waals surface area contributed by atoms with Crippen molar-refractivity contribution in [2.75, 3.05) is 12.4 Å². The van der Waals surface area contributed by atoms with Gasteiger partial charge in [0.25, 0.3) is 0 Å². The lowest BCUT2D eigenvalue weighted by molar-refractivity contribution is 0.580. The zero-order chi connectivity index (χ0) is 11.7. The third-order valence-corrected chi connectivity index (χ3v) is 3.65. The van der Waals surface area contributed by atoms with Gasteiger partial charge in [-0.3, -0.25) is 5.10 Å². The molecule has 3 rings (SSSR count). The molecule has 0 saturated heterocycles. The predicted molar refractivity (Wildman–Crippen MR) is 69.3 cm³/mol. The zero-order valence-corrected chi connectivity index (χ0v) is 10.0. The van der Waals surface area contributed by atoms with E-state index in [2.05, 4.69) is 45.8 Å². The van der Waals surface area contributed by atoms with Gasteiger partial charge in [0.1, 0.15) is 0 Å². The average Bonchev–Trinajstić information content (AvgIpc) is 2.81. The van der Waals surface area contributed by atoms with Crippen molar-refractivity contribution in [1.29, 1.82) is 0 Å². The molecule has 0 amide bonds. The Hall–Kier alpha value is -1.77. The SMILES string of the molecule is CNc1n[nH]c2c1CC(c1ccccc1)CC2. The first-order valence-electron chi connectivity index (χ1n) is 6.17. The molecule has 0 saturated carbocycles. The van der Waals surface area contributed by atoms with Gasteiger partial charge in [-0.15, -0.1) is 0 Å². The number of fused-ring (bicyclic) bond motifs is 1. The number of nitrogens with one attached hydrogen (secondary N) is 2. The van der Waals surface area contributed by atoms with E-state index in [1.165, 1.54) is 23.2 Å². The Labute approximate surface area is 101 Å². The van der Waals surface area contributed by atoms with Crippen LogP contribution in [0, 0.1) is 0 Å². The van der Waals surface area contributed by atoms with Gasteiger partial charge in [0.2, 0.25) is 0 Å². The van der Waals surface area contributed by atoms with Crippen LogP contribution in [0.25, 0.3) is 0 Å². The van der Waals surface area contributed by atoms with E-state index in [1.54, 1.807) is 0 Å². The Balaban J connectivity index is 1.89. The molecule has 1 aliphatic carbocycles. The number of rotatable bonds is 2. The fourth-order valence-corrected chi connectivity index (χ4v) is 2.71. The summed E-state index contributed by atoms with van der Waals surface area (Å²) in [5.41, 5.74) is 4.12. The maximum absolute atomic E-state index is 4.31. The second-order valence-corrected chi connectivity index (χ2v) is 4.63. The molecular weight excluding hydrogens is 210 g/mol. The first kappa shape index (κ1) is 10.4. The molecular formula is C14H17N3. The van der Waals surface area contributed by atoms with E-state index in [-0.39, 0.29) is 0 Å². The number of benzene rings is 1. The molecule has 88 valence electrons. The van der Waals surface area contributed by atoms with Gasteiger partial charge in [0.05, 0.1) is 0 Å². The van der Waals surface area contributed by atoms with Crippen molar-refractivity contribution in [1.82, 2.24) is 10.2 Å². The number of aromatic amines is 1. The molecule has 1 aromatic carbocycles. The molecule has 2 N–H and O–H groups in total. The Bertz CT molecular complexity index is 488. The van der Waals surface area contributed by atoms with Crippen molar-refractivity contribution in [2.45, 2.75) is 25.2 Å². The molecule has 1 unspecified atom stereocenters. The molecule has 1 aromatic heterocycles. The lowest BCUT2D eigenvalue weighted by Gasteiger charge is -2.22. The molecule has 1 heterocycles. The quantitative estimate of drug-likeness (QED) is 0.828. The van der Waals surface area contributed by atoms with E-state index in [0.717, 1.165) is 18.7 Å². The molecule has 1 atom stereocenters. The number of anilines is 1. The van der Waals surface area contributed by atoms with Crippen molar-refractivity contribution < 1.29 is 0 Å². The number of nitrogens with zero attached hydrogens (tertiary/aromatic N) is 1. The molecule has 3 heteroatoms. The highest BCUT2D eigenvalue weighted by Gasteiger charge is 2.24. The number of hydrogen-bond donors (Lipinski definition) is 2. The summed E-state index contributed by atoms with van der Waals surface area (Å²) in [7, 11) is 1.93. The molecule has 17 heavy (non-hydrogen) atoms. The molecule has 0 spiro atoms. The second-order valence-electron chi connectivity index (χ2n) is 4.63. The molecule has 0 aliphatic heterocycles. The van der Waals surface area contributed by atoms with Crippen LogP contribution in [-0.4, -0.2) is 17.2 Å². The van der Waals surface area contributed by atoms with Gasteiger partial charge in [-0.2, -0.15) is 5.10 Å². The second kappa shape index (κ2) is 4.24. The van der Waals surface area contributed by atoms with E-state index in [0.29, 0.717) is 5.92 Å². The largest absolute Gasteiger partial charge is 0.371 e. The molecule has 3 nitrogen and oxygen atoms in total. The van der Waals surface area contributed by atoms with Crippen LogP contribution >= 0.6 is 0 Å². The Morgan fingerprint density at radius 1 is 1.29 bits per heavy atom. The van der Waals surface area contributed by atoms with Gasteiger partial charge in [0, 0.05) is 18.3 Å². The summed E-state index contributed by atoms with van der Waals surface area (Å²) in [6.45, 7) is 0. The molecule has 0 radical (unpaired) electrons. The normalized spacial score (nSPS) is 18.8. The smallest absolute Gasteiger partial charge is 0.151 e. The van der Waals surface area contributed by atoms with Crippen molar-refractivity contribution in [3.8, 4) is 0 Å². The van der Waals surface area contributed by atoms with Crippen LogP contribution in [-0.2, 0) is 12.8 Å². The number of aryl methyl sites for hydroxylation is 1. The zero-order valence-electron chi connectivity index (χ0n) is 10.0. The fourth-order valence-electron chi connectivity index (χ4n) is 2.71. The molecule has 1 aliphatic rings. The first-order chi connectivity index (χ1) is 8.38. The molecule has 0 fully saturated rings. The van der Waals surface area contributed by atoms with E-state index >= 15 is 0 Å². The summed E-state index contributed by atoms with van der Waals surface area (Å²) in [6, 6.07) is 10.8. The molecule has 0 bridgehead atoms. The van der Waals surface area contributed by atoms with Crippen LogP contribution in [0.5, 0.6) is 0 Å². The minimum absolute atomic E-state index is 0.633. The summed E-state index contributed by atoms with van der Waals surface area (Å²) in [4.78, 5) is 0. The summed E-state index contributed by atoms with van der Waals surface area (Å²) in [5, 5.41) is 10.6. The Kier molecular flexibility index (Phi) is 2.59. The highest BCUT2D eigenvalue weighted by Crippen LogP contribution is 2.34. The predicted octanol–water partition coefficient (Wildman–Crippen LogP) is 2.72. The standard InChI is InChI=1S/C14H17N3/c1-15-14-12-9-11(7-8-13(12)16-17-14)10-5-3-2-4-6-10/h2-6,11H,7-9H2,1H3,(H2,15,16,17). The Morgan fingerprint density at radius 2 is 2.12 bits per heavy atom. The number of H-pyrrole nitrogens is 1. The summed E-state index contributed by atoms with van der Waals surface area (Å²) < 4.78 is 0. The lowest BCUT2D eigenvalue weighted by atomic mass is 9.83. The summed E-state index contributed by atoms with van der Waals surface area (Å²) >= 11 is 0. The van der Waals surface area contributed by atoms with Gasteiger partial charge in [-0.25, -0.2) is 0 Å². The van der Waals surface area contributed by atoms with Crippen molar-refractivity contribution in [3.05, 3.63) is 47.2 Å². The highest BCUT2D eigenvalue weighted by atomic mass is 15.2. The minimum Gasteiger partial charge on any atom is -0.371 e. The van der Waals surface area contributed by atoms with E-state index < -0.39 is 0 Å². The van der Waals surface area contributed by atoms with Gasteiger partial charge >= 0.3 is 0 Å². The Morgan fingerprint density at radius 3 is 2.88 bits per heavy atom.